The molecule has 1 aliphatic carbocycles. The first-order valence-corrected chi connectivity index (χ1v) is 17.4. The maximum atomic E-state index is 15.9. The molecule has 10 rings (SSSR count). The third-order valence-electron chi connectivity index (χ3n) is 10.8. The van der Waals surface area contributed by atoms with E-state index >= 15 is 26.3 Å². The smallest absolute Gasteiger partial charge is 0.380 e. The van der Waals surface area contributed by atoms with Gasteiger partial charge in [0.15, 0.2) is 0 Å². The van der Waals surface area contributed by atoms with Crippen LogP contribution in [-0.4, -0.2) is 17.8 Å². The van der Waals surface area contributed by atoms with E-state index in [-0.39, 0.29) is 0 Å². The first-order chi connectivity index (χ1) is 26.1. The van der Waals surface area contributed by atoms with E-state index < -0.39 is 40.0 Å². The van der Waals surface area contributed by atoms with Gasteiger partial charge in [-0.05, 0) is 78.3 Å². The van der Waals surface area contributed by atoms with Gasteiger partial charge in [-0.3, -0.25) is 0 Å². The van der Waals surface area contributed by atoms with E-state index in [4.69, 9.17) is 4.42 Å². The minimum absolute atomic E-state index is 0.413. The lowest BCUT2D eigenvalue weighted by Crippen LogP contribution is -2.48. The second-order valence-corrected chi connectivity index (χ2v) is 13.8. The Balaban J connectivity index is 1.12. The Morgan fingerprint density at radius 3 is 1.46 bits per heavy atom. The highest BCUT2D eigenvalue weighted by molar-refractivity contribution is 6.25. The molecule has 0 fully saturated rings. The van der Waals surface area contributed by atoms with E-state index in [2.05, 4.69) is 6.07 Å². The number of fused-ring (bicyclic) bond motifs is 9. The van der Waals surface area contributed by atoms with Crippen molar-refractivity contribution in [3.63, 3.8) is 0 Å². The number of hydrogen-bond acceptors (Lipinski definition) is 1. The van der Waals surface area contributed by atoms with E-state index in [1.807, 2.05) is 97.1 Å². The Labute approximate surface area is 304 Å². The highest BCUT2D eigenvalue weighted by atomic mass is 19.3. The molecular formula is C47H26F6O. The van der Waals surface area contributed by atoms with Gasteiger partial charge in [-0.1, -0.05) is 140 Å². The summed E-state index contributed by atoms with van der Waals surface area (Å²) in [6.07, 6.45) is 0. The van der Waals surface area contributed by atoms with E-state index in [1.54, 1.807) is 12.1 Å². The van der Waals surface area contributed by atoms with Gasteiger partial charge in [0.05, 0.1) is 0 Å². The Kier molecular flexibility index (Phi) is 6.78. The van der Waals surface area contributed by atoms with Crippen LogP contribution in [-0.2, 0) is 0 Å². The molecule has 1 aromatic heterocycles. The molecule has 0 N–H and O–H groups in total. The summed E-state index contributed by atoms with van der Waals surface area (Å²) in [5.74, 6) is -16.0. The summed E-state index contributed by atoms with van der Waals surface area (Å²) < 4.78 is 100. The van der Waals surface area contributed by atoms with Crippen molar-refractivity contribution in [2.45, 2.75) is 17.8 Å². The van der Waals surface area contributed by atoms with Crippen molar-refractivity contribution in [2.24, 2.45) is 0 Å². The van der Waals surface area contributed by atoms with Crippen molar-refractivity contribution in [1.82, 2.24) is 0 Å². The molecule has 1 heterocycles. The monoisotopic (exact) mass is 720 g/mol. The van der Waals surface area contributed by atoms with Crippen molar-refractivity contribution >= 4 is 65.4 Å². The van der Waals surface area contributed by atoms with Crippen molar-refractivity contribution in [3.05, 3.63) is 169 Å². The number of hydrogen-bond donors (Lipinski definition) is 0. The lowest BCUT2D eigenvalue weighted by molar-refractivity contribution is -0.254. The van der Waals surface area contributed by atoms with Gasteiger partial charge in [-0.2, -0.15) is 26.3 Å². The molecule has 0 spiro atoms. The highest BCUT2D eigenvalue weighted by Gasteiger charge is 2.80. The number of benzene rings is 8. The summed E-state index contributed by atoms with van der Waals surface area (Å²) in [5.41, 5.74) is -0.200. The predicted octanol–water partition coefficient (Wildman–Crippen LogP) is 14.2. The topological polar surface area (TPSA) is 13.1 Å². The quantitative estimate of drug-likeness (QED) is 0.130. The molecule has 0 saturated carbocycles. The molecule has 0 saturated heterocycles. The molecule has 54 heavy (non-hydrogen) atoms. The van der Waals surface area contributed by atoms with Crippen LogP contribution in [0.5, 0.6) is 0 Å². The predicted molar refractivity (Wildman–Crippen MR) is 205 cm³/mol. The van der Waals surface area contributed by atoms with Gasteiger partial charge >= 0.3 is 17.8 Å². The van der Waals surface area contributed by atoms with Gasteiger partial charge in [0, 0.05) is 27.5 Å². The zero-order valence-corrected chi connectivity index (χ0v) is 28.2. The normalized spacial score (nSPS) is 16.3. The molecule has 1 nitrogen and oxygen atoms in total. The van der Waals surface area contributed by atoms with Crippen LogP contribution in [0.4, 0.5) is 26.3 Å². The van der Waals surface area contributed by atoms with Crippen LogP contribution in [0, 0.1) is 0 Å². The Morgan fingerprint density at radius 2 is 0.796 bits per heavy atom. The van der Waals surface area contributed by atoms with Crippen molar-refractivity contribution in [1.29, 1.82) is 0 Å². The van der Waals surface area contributed by atoms with Crippen LogP contribution >= 0.6 is 0 Å². The van der Waals surface area contributed by atoms with Crippen LogP contribution in [0.1, 0.15) is 11.1 Å². The molecule has 9 aromatic rings. The summed E-state index contributed by atoms with van der Waals surface area (Å²) in [6, 6.07) is 45.5. The highest BCUT2D eigenvalue weighted by Crippen LogP contribution is 2.64. The van der Waals surface area contributed by atoms with Crippen LogP contribution < -0.4 is 0 Å². The number of furan rings is 1. The van der Waals surface area contributed by atoms with Gasteiger partial charge in [0.1, 0.15) is 11.2 Å². The van der Waals surface area contributed by atoms with E-state index in [9.17, 15) is 0 Å². The van der Waals surface area contributed by atoms with E-state index in [1.165, 1.54) is 42.5 Å². The second-order valence-electron chi connectivity index (χ2n) is 13.8. The first-order valence-electron chi connectivity index (χ1n) is 17.4. The molecule has 262 valence electrons. The maximum Gasteiger partial charge on any atom is 0.380 e. The third kappa shape index (κ3) is 4.41. The van der Waals surface area contributed by atoms with Crippen molar-refractivity contribution < 1.29 is 30.8 Å². The van der Waals surface area contributed by atoms with Gasteiger partial charge in [-0.15, -0.1) is 0 Å². The third-order valence-corrected chi connectivity index (χ3v) is 10.8. The number of rotatable bonds is 4. The summed E-state index contributed by atoms with van der Waals surface area (Å²) in [4.78, 5) is 0. The molecule has 0 unspecified atom stereocenters. The van der Waals surface area contributed by atoms with Crippen LogP contribution in [0.3, 0.4) is 0 Å². The van der Waals surface area contributed by atoms with Gasteiger partial charge in [0.2, 0.25) is 0 Å². The summed E-state index contributed by atoms with van der Waals surface area (Å²) in [7, 11) is 0. The molecule has 0 radical (unpaired) electrons. The Morgan fingerprint density at radius 1 is 0.333 bits per heavy atom. The fourth-order valence-corrected chi connectivity index (χ4v) is 8.21. The fraction of sp³-hybridized carbons (Fsp3) is 0.0638. The minimum atomic E-state index is -5.68. The second kappa shape index (κ2) is 11.3. The van der Waals surface area contributed by atoms with Crippen LogP contribution in [0.2, 0.25) is 0 Å². The lowest BCUT2D eigenvalue weighted by atomic mass is 9.90. The maximum absolute atomic E-state index is 15.9. The zero-order chi connectivity index (χ0) is 37.0. The molecule has 0 bridgehead atoms. The number of para-hydroxylation sites is 2. The summed E-state index contributed by atoms with van der Waals surface area (Å²) in [5, 5.41) is 7.77. The number of halogens is 6. The van der Waals surface area contributed by atoms with Crippen LogP contribution in [0.25, 0.3) is 87.7 Å². The van der Waals surface area contributed by atoms with Crippen LogP contribution in [0.15, 0.2) is 162 Å². The summed E-state index contributed by atoms with van der Waals surface area (Å²) >= 11 is 0. The molecule has 8 aromatic carbocycles. The van der Waals surface area contributed by atoms with Crippen molar-refractivity contribution in [2.75, 3.05) is 0 Å². The van der Waals surface area contributed by atoms with E-state index in [0.29, 0.717) is 33.4 Å². The molecular weight excluding hydrogens is 695 g/mol. The van der Waals surface area contributed by atoms with Gasteiger partial charge < -0.3 is 4.42 Å². The zero-order valence-electron chi connectivity index (χ0n) is 28.2. The molecule has 0 amide bonds. The largest absolute Gasteiger partial charge is 0.455 e. The Bertz CT molecular complexity index is 2990. The molecule has 1 aliphatic rings. The first kappa shape index (κ1) is 32.3. The molecule has 0 aliphatic heterocycles. The number of alkyl halides is 6. The average Bonchev–Trinajstić information content (AvgIpc) is 3.63. The standard InChI is InChI=1S/C47H26F6O/c48-45(49)42(28-21-19-27(20-22-28)32-16-8-17-39-38-15-5-6-18-41(38)54-44(32)39)43(46(50,51)47(45,52)53)31-10-7-9-29(25-31)30-23-24-37-35-13-2-1-11-33(35)34-12-3-4-14-36(34)40(37)26-30/h1-26H. The van der Waals surface area contributed by atoms with Crippen molar-refractivity contribution in [3.8, 4) is 22.3 Å². The SMILES string of the molecule is FC1(F)C(c2ccc(-c3cccc4c3oc3ccccc34)cc2)=C(c2cccc(-c3ccc4c5ccccc5c5ccccc5c4c3)c2)C(F)(F)C1(F)F. The fourth-order valence-electron chi connectivity index (χ4n) is 8.21. The summed E-state index contributed by atoms with van der Waals surface area (Å²) in [6.45, 7) is 0. The van der Waals surface area contributed by atoms with E-state index in [0.717, 1.165) is 43.1 Å². The number of allylic oxidation sites excluding steroid dienone is 2. The average molecular weight is 721 g/mol. The van der Waals surface area contributed by atoms with Gasteiger partial charge in [0.25, 0.3) is 0 Å². The Hall–Kier alpha value is -6.34. The van der Waals surface area contributed by atoms with Gasteiger partial charge in [-0.25, -0.2) is 0 Å². The lowest BCUT2D eigenvalue weighted by Gasteiger charge is -2.26. The molecule has 7 heteroatoms. The molecule has 0 atom stereocenters. The minimum Gasteiger partial charge on any atom is -0.455 e.